The molecule has 28 heavy (non-hydrogen) atoms. The molecule has 0 radical (unpaired) electrons. The highest BCUT2D eigenvalue weighted by molar-refractivity contribution is 8.00. The molecular weight excluding hydrogens is 406 g/mol. The molecule has 0 aliphatic heterocycles. The largest absolute Gasteiger partial charge is 0.348 e. The van der Waals surface area contributed by atoms with Crippen molar-refractivity contribution in [1.82, 2.24) is 14.9 Å². The number of benzene rings is 1. The maximum absolute atomic E-state index is 12.9. The highest BCUT2D eigenvalue weighted by Crippen LogP contribution is 2.40. The Kier molecular flexibility index (Phi) is 5.66. The quantitative estimate of drug-likeness (QED) is 0.398. The zero-order valence-electron chi connectivity index (χ0n) is 15.5. The van der Waals surface area contributed by atoms with Gasteiger partial charge >= 0.3 is 0 Å². The van der Waals surface area contributed by atoms with Crippen molar-refractivity contribution in [3.63, 3.8) is 0 Å². The van der Waals surface area contributed by atoms with Gasteiger partial charge in [0, 0.05) is 14.1 Å². The molecule has 3 heterocycles. The van der Waals surface area contributed by atoms with Crippen molar-refractivity contribution < 1.29 is 4.79 Å². The third kappa shape index (κ3) is 3.92. The molecule has 0 fully saturated rings. The Morgan fingerprint density at radius 3 is 2.29 bits per heavy atom. The van der Waals surface area contributed by atoms with E-state index in [-0.39, 0.29) is 11.2 Å². The van der Waals surface area contributed by atoms with Crippen LogP contribution < -0.4 is 0 Å². The van der Waals surface area contributed by atoms with Gasteiger partial charge < -0.3 is 9.88 Å². The lowest BCUT2D eigenvalue weighted by atomic mass is 10.1. The third-order valence-corrected chi connectivity index (χ3v) is 7.09. The van der Waals surface area contributed by atoms with Gasteiger partial charge in [0.2, 0.25) is 5.91 Å². The van der Waals surface area contributed by atoms with Crippen LogP contribution in [0.1, 0.15) is 10.8 Å². The third-order valence-electron chi connectivity index (χ3n) is 4.20. The first-order valence-corrected chi connectivity index (χ1v) is 11.4. The molecule has 0 bridgehead atoms. The van der Waals surface area contributed by atoms with Crippen LogP contribution in [0.15, 0.2) is 70.5 Å². The fourth-order valence-corrected chi connectivity index (χ4v) is 5.41. The fraction of sp³-hybridized carbons (Fsp3) is 0.143. The van der Waals surface area contributed by atoms with E-state index in [0.29, 0.717) is 0 Å². The van der Waals surface area contributed by atoms with Crippen molar-refractivity contribution in [2.24, 2.45) is 0 Å². The van der Waals surface area contributed by atoms with Crippen LogP contribution >= 0.6 is 34.4 Å². The zero-order chi connectivity index (χ0) is 19.5. The van der Waals surface area contributed by atoms with Crippen molar-refractivity contribution in [3.8, 4) is 21.1 Å². The number of thiophene rings is 2. The summed E-state index contributed by atoms with van der Waals surface area (Å²) >= 11 is 4.80. The van der Waals surface area contributed by atoms with Crippen LogP contribution in [0.25, 0.3) is 21.1 Å². The van der Waals surface area contributed by atoms with E-state index in [0.717, 1.165) is 31.9 Å². The van der Waals surface area contributed by atoms with Gasteiger partial charge in [0.1, 0.15) is 10.9 Å². The summed E-state index contributed by atoms with van der Waals surface area (Å²) in [6, 6.07) is 18.1. The predicted molar refractivity (Wildman–Crippen MR) is 119 cm³/mol. The minimum atomic E-state index is -0.352. The molecule has 7 heteroatoms. The van der Waals surface area contributed by atoms with Crippen LogP contribution in [0.3, 0.4) is 0 Å². The summed E-state index contributed by atoms with van der Waals surface area (Å²) in [6.45, 7) is 0. The Hall–Kier alpha value is -2.35. The molecule has 4 aromatic rings. The molecule has 142 valence electrons. The molecule has 3 aromatic heterocycles. The Morgan fingerprint density at radius 1 is 1.00 bits per heavy atom. The van der Waals surface area contributed by atoms with E-state index in [2.05, 4.69) is 27.9 Å². The van der Waals surface area contributed by atoms with Gasteiger partial charge in [-0.1, -0.05) is 54.2 Å². The second-order valence-electron chi connectivity index (χ2n) is 6.36. The van der Waals surface area contributed by atoms with Gasteiger partial charge in [-0.15, -0.1) is 22.7 Å². The number of hydrogen-bond acceptors (Lipinski definition) is 5. The van der Waals surface area contributed by atoms with E-state index in [1.165, 1.54) is 11.8 Å². The predicted octanol–water partition coefficient (Wildman–Crippen LogP) is 5.79. The maximum atomic E-state index is 12.9. The van der Waals surface area contributed by atoms with Gasteiger partial charge in [-0.05, 0) is 28.5 Å². The standard InChI is InChI=1S/C21H19N3OS3/c1-24(2)20(25)19(14-8-4-3-5-9-14)28-21-22-17(15-10-6-12-26-15)18(23-21)16-11-7-13-27-16/h3-13,19H,1-2H3,(H,22,23)/t19-/m0/s1. The Labute approximate surface area is 176 Å². The highest BCUT2D eigenvalue weighted by Gasteiger charge is 2.26. The number of rotatable bonds is 6. The first-order valence-electron chi connectivity index (χ1n) is 8.74. The number of aromatic amines is 1. The average molecular weight is 426 g/mol. The lowest BCUT2D eigenvalue weighted by molar-refractivity contribution is -0.128. The molecule has 4 rings (SSSR count). The minimum Gasteiger partial charge on any atom is -0.348 e. The van der Waals surface area contributed by atoms with E-state index >= 15 is 0 Å². The van der Waals surface area contributed by atoms with E-state index in [9.17, 15) is 4.79 Å². The topological polar surface area (TPSA) is 49.0 Å². The number of aromatic nitrogens is 2. The van der Waals surface area contributed by atoms with Crippen molar-refractivity contribution in [1.29, 1.82) is 0 Å². The fourth-order valence-electron chi connectivity index (χ4n) is 2.83. The number of carbonyl (C=O) groups is 1. The number of hydrogen-bond donors (Lipinski definition) is 1. The summed E-state index contributed by atoms with van der Waals surface area (Å²) in [5, 5.41) is 4.51. The van der Waals surface area contributed by atoms with Gasteiger partial charge in [-0.3, -0.25) is 4.79 Å². The molecule has 1 atom stereocenters. The molecule has 0 spiro atoms. The van der Waals surface area contributed by atoms with Crippen LogP contribution in [0.5, 0.6) is 0 Å². The number of amides is 1. The van der Waals surface area contributed by atoms with Crippen LogP contribution in [-0.4, -0.2) is 34.9 Å². The molecule has 0 aliphatic rings. The number of nitrogens with zero attached hydrogens (tertiary/aromatic N) is 2. The van der Waals surface area contributed by atoms with Crippen molar-refractivity contribution in [3.05, 3.63) is 70.9 Å². The van der Waals surface area contributed by atoms with Gasteiger partial charge in [0.15, 0.2) is 5.16 Å². The van der Waals surface area contributed by atoms with Crippen molar-refractivity contribution in [2.75, 3.05) is 14.1 Å². The van der Waals surface area contributed by atoms with Crippen molar-refractivity contribution >= 4 is 40.3 Å². The molecule has 1 aromatic carbocycles. The number of H-pyrrole nitrogens is 1. The molecule has 0 saturated heterocycles. The van der Waals surface area contributed by atoms with E-state index in [4.69, 9.17) is 4.98 Å². The van der Waals surface area contributed by atoms with Gasteiger partial charge in [-0.2, -0.15) is 0 Å². The number of thioether (sulfide) groups is 1. The van der Waals surface area contributed by atoms with E-state index in [1.54, 1.807) is 41.7 Å². The lowest BCUT2D eigenvalue weighted by Crippen LogP contribution is -2.26. The number of carbonyl (C=O) groups excluding carboxylic acids is 1. The lowest BCUT2D eigenvalue weighted by Gasteiger charge is -2.19. The molecule has 1 amide bonds. The molecule has 0 saturated carbocycles. The number of likely N-dealkylation sites (N-methyl/N-ethyl adjacent to an activating group) is 1. The van der Waals surface area contributed by atoms with E-state index < -0.39 is 0 Å². The van der Waals surface area contributed by atoms with Crippen molar-refractivity contribution in [2.45, 2.75) is 10.4 Å². The van der Waals surface area contributed by atoms with Gasteiger partial charge in [0.05, 0.1) is 15.4 Å². The summed E-state index contributed by atoms with van der Waals surface area (Å²) in [7, 11) is 3.57. The monoisotopic (exact) mass is 425 g/mol. The summed E-state index contributed by atoms with van der Waals surface area (Å²) in [5.41, 5.74) is 2.91. The van der Waals surface area contributed by atoms with E-state index in [1.807, 2.05) is 42.5 Å². The average Bonchev–Trinajstić information content (AvgIpc) is 3.47. The molecular formula is C21H19N3OS3. The SMILES string of the molecule is CN(C)C(=O)[C@@H](Sc1nc(-c2cccs2)c(-c2cccs2)[nH]1)c1ccccc1. The normalized spacial score (nSPS) is 12.1. The first kappa shape index (κ1) is 19.0. The summed E-state index contributed by atoms with van der Waals surface area (Å²) < 4.78 is 0. The van der Waals surface area contributed by atoms with Crippen LogP contribution in [0, 0.1) is 0 Å². The van der Waals surface area contributed by atoms with Crippen LogP contribution in [0.2, 0.25) is 0 Å². The smallest absolute Gasteiger partial charge is 0.240 e. The summed E-state index contributed by atoms with van der Waals surface area (Å²) in [6.07, 6.45) is 0. The maximum Gasteiger partial charge on any atom is 0.240 e. The molecule has 4 nitrogen and oxygen atoms in total. The molecule has 1 N–H and O–H groups in total. The van der Waals surface area contributed by atoms with Gasteiger partial charge in [0.25, 0.3) is 0 Å². The Balaban J connectivity index is 1.74. The van der Waals surface area contributed by atoms with Gasteiger partial charge in [-0.25, -0.2) is 4.98 Å². The number of imidazole rings is 1. The highest BCUT2D eigenvalue weighted by atomic mass is 32.2. The molecule has 0 unspecified atom stereocenters. The molecule has 0 aliphatic carbocycles. The number of nitrogens with one attached hydrogen (secondary N) is 1. The summed E-state index contributed by atoms with van der Waals surface area (Å²) in [4.78, 5) is 25.1. The Bertz CT molecular complexity index is 986. The zero-order valence-corrected chi connectivity index (χ0v) is 17.9. The second kappa shape index (κ2) is 8.34. The second-order valence-corrected chi connectivity index (χ2v) is 9.35. The van der Waals surface area contributed by atoms with Crippen LogP contribution in [-0.2, 0) is 4.79 Å². The first-order chi connectivity index (χ1) is 13.6. The summed E-state index contributed by atoms with van der Waals surface area (Å²) in [5.74, 6) is 0.0444. The minimum absolute atomic E-state index is 0.0444. The Morgan fingerprint density at radius 2 is 1.68 bits per heavy atom. The van der Waals surface area contributed by atoms with Crippen LogP contribution in [0.4, 0.5) is 0 Å².